The molecule has 100 valence electrons. The van der Waals surface area contributed by atoms with E-state index in [0.717, 1.165) is 36.2 Å². The Morgan fingerprint density at radius 1 is 1.21 bits per heavy atom. The Labute approximate surface area is 113 Å². The first-order valence-corrected chi connectivity index (χ1v) is 6.97. The minimum atomic E-state index is 0.771. The van der Waals surface area contributed by atoms with Crippen LogP contribution in [0.2, 0.25) is 0 Å². The number of nitrogens with zero attached hydrogens (tertiary/aromatic N) is 3. The summed E-state index contributed by atoms with van der Waals surface area (Å²) in [6, 6.07) is 5.97. The van der Waals surface area contributed by atoms with E-state index in [-0.39, 0.29) is 0 Å². The largest absolute Gasteiger partial charge is 0.493 e. The van der Waals surface area contributed by atoms with Gasteiger partial charge in [0, 0.05) is 24.2 Å². The highest BCUT2D eigenvalue weighted by atomic mass is 16.5. The number of ether oxygens (including phenoxy) is 1. The van der Waals surface area contributed by atoms with E-state index in [1.165, 1.54) is 25.9 Å². The van der Waals surface area contributed by atoms with E-state index in [0.29, 0.717) is 0 Å². The van der Waals surface area contributed by atoms with Gasteiger partial charge in [-0.1, -0.05) is 0 Å². The third-order valence-corrected chi connectivity index (χ3v) is 3.57. The number of hydrogen-bond acceptors (Lipinski definition) is 4. The summed E-state index contributed by atoms with van der Waals surface area (Å²) in [6.07, 6.45) is 7.18. The van der Waals surface area contributed by atoms with Crippen LogP contribution in [0, 0.1) is 0 Å². The van der Waals surface area contributed by atoms with Crippen molar-refractivity contribution in [2.45, 2.75) is 19.3 Å². The zero-order valence-electron chi connectivity index (χ0n) is 11.1. The van der Waals surface area contributed by atoms with Crippen LogP contribution in [0.15, 0.2) is 30.7 Å². The fourth-order valence-corrected chi connectivity index (χ4v) is 2.53. The first kappa shape index (κ1) is 12.4. The highest BCUT2D eigenvalue weighted by Gasteiger charge is 2.10. The Bertz CT molecular complexity index is 538. The van der Waals surface area contributed by atoms with Crippen molar-refractivity contribution in [1.29, 1.82) is 0 Å². The van der Waals surface area contributed by atoms with E-state index in [1.807, 2.05) is 24.4 Å². The van der Waals surface area contributed by atoms with Gasteiger partial charge in [0.15, 0.2) is 0 Å². The van der Waals surface area contributed by atoms with Crippen molar-refractivity contribution >= 4 is 10.9 Å². The van der Waals surface area contributed by atoms with E-state index in [2.05, 4.69) is 14.9 Å². The van der Waals surface area contributed by atoms with Crippen molar-refractivity contribution in [3.05, 3.63) is 30.7 Å². The maximum atomic E-state index is 5.79. The fourth-order valence-electron chi connectivity index (χ4n) is 2.53. The van der Waals surface area contributed by atoms with E-state index >= 15 is 0 Å². The summed E-state index contributed by atoms with van der Waals surface area (Å²) in [4.78, 5) is 10.7. The molecule has 0 bridgehead atoms. The van der Waals surface area contributed by atoms with Gasteiger partial charge in [0.1, 0.15) is 12.1 Å². The number of hydrogen-bond donors (Lipinski definition) is 0. The summed E-state index contributed by atoms with van der Waals surface area (Å²) in [5.41, 5.74) is 0.937. The SMILES string of the molecule is c1ncc2ccc(OCCCN3CCCC3)cc2n1. The summed E-state index contributed by atoms with van der Waals surface area (Å²) in [7, 11) is 0. The smallest absolute Gasteiger partial charge is 0.121 e. The van der Waals surface area contributed by atoms with Crippen LogP contribution in [0.5, 0.6) is 5.75 Å². The summed E-state index contributed by atoms with van der Waals surface area (Å²) in [5.74, 6) is 0.896. The minimum Gasteiger partial charge on any atom is -0.493 e. The van der Waals surface area contributed by atoms with E-state index in [9.17, 15) is 0 Å². The van der Waals surface area contributed by atoms with Crippen LogP contribution in [-0.2, 0) is 0 Å². The van der Waals surface area contributed by atoms with Crippen LogP contribution in [0.4, 0.5) is 0 Å². The van der Waals surface area contributed by atoms with Gasteiger partial charge in [-0.25, -0.2) is 9.97 Å². The lowest BCUT2D eigenvalue weighted by Gasteiger charge is -2.14. The molecule has 1 fully saturated rings. The lowest BCUT2D eigenvalue weighted by molar-refractivity contribution is 0.263. The third kappa shape index (κ3) is 3.20. The fraction of sp³-hybridized carbons (Fsp3) is 0.467. The predicted molar refractivity (Wildman–Crippen MR) is 75.3 cm³/mol. The minimum absolute atomic E-state index is 0.771. The zero-order chi connectivity index (χ0) is 12.9. The van der Waals surface area contributed by atoms with E-state index in [1.54, 1.807) is 6.33 Å². The summed E-state index contributed by atoms with van der Waals surface area (Å²) >= 11 is 0. The van der Waals surface area contributed by atoms with Crippen molar-refractivity contribution in [1.82, 2.24) is 14.9 Å². The summed E-state index contributed by atoms with van der Waals surface area (Å²) < 4.78 is 5.79. The van der Waals surface area contributed by atoms with Crippen molar-refractivity contribution in [2.75, 3.05) is 26.2 Å². The maximum Gasteiger partial charge on any atom is 0.121 e. The second kappa shape index (κ2) is 5.97. The molecule has 0 spiro atoms. The van der Waals surface area contributed by atoms with Gasteiger partial charge in [-0.3, -0.25) is 0 Å². The molecule has 0 amide bonds. The first-order valence-electron chi connectivity index (χ1n) is 6.97. The Hall–Kier alpha value is -1.68. The molecule has 1 saturated heterocycles. The van der Waals surface area contributed by atoms with Gasteiger partial charge in [0.25, 0.3) is 0 Å². The number of fused-ring (bicyclic) bond motifs is 1. The molecule has 4 nitrogen and oxygen atoms in total. The normalized spacial score (nSPS) is 16.0. The van der Waals surface area contributed by atoms with Crippen molar-refractivity contribution in [2.24, 2.45) is 0 Å². The van der Waals surface area contributed by atoms with Crippen LogP contribution in [0.1, 0.15) is 19.3 Å². The Morgan fingerprint density at radius 2 is 2.11 bits per heavy atom. The van der Waals surface area contributed by atoms with Gasteiger partial charge in [-0.15, -0.1) is 0 Å². The molecule has 0 aliphatic carbocycles. The van der Waals surface area contributed by atoms with Gasteiger partial charge in [0.05, 0.1) is 12.1 Å². The second-order valence-electron chi connectivity index (χ2n) is 4.99. The topological polar surface area (TPSA) is 38.2 Å². The third-order valence-electron chi connectivity index (χ3n) is 3.57. The van der Waals surface area contributed by atoms with Crippen LogP contribution in [-0.4, -0.2) is 41.1 Å². The van der Waals surface area contributed by atoms with Crippen molar-refractivity contribution < 1.29 is 4.74 Å². The Kier molecular flexibility index (Phi) is 3.89. The Morgan fingerprint density at radius 3 is 3.00 bits per heavy atom. The maximum absolute atomic E-state index is 5.79. The van der Waals surface area contributed by atoms with Gasteiger partial charge in [-0.05, 0) is 44.5 Å². The lowest BCUT2D eigenvalue weighted by Crippen LogP contribution is -2.21. The molecular weight excluding hydrogens is 238 g/mol. The average molecular weight is 257 g/mol. The number of benzene rings is 1. The van der Waals surface area contributed by atoms with Crippen LogP contribution in [0.3, 0.4) is 0 Å². The van der Waals surface area contributed by atoms with Crippen LogP contribution >= 0.6 is 0 Å². The molecule has 1 aliphatic heterocycles. The summed E-state index contributed by atoms with van der Waals surface area (Å²) in [6.45, 7) is 4.43. The summed E-state index contributed by atoms with van der Waals surface area (Å²) in [5, 5.41) is 1.05. The molecule has 0 N–H and O–H groups in total. The molecule has 1 aromatic heterocycles. The average Bonchev–Trinajstić information content (AvgIpc) is 2.97. The molecule has 0 saturated carbocycles. The quantitative estimate of drug-likeness (QED) is 0.771. The Balaban J connectivity index is 1.50. The second-order valence-corrected chi connectivity index (χ2v) is 4.99. The standard InChI is InChI=1S/C15H19N3O/c1-2-7-18(6-1)8-3-9-19-14-5-4-13-11-16-12-17-15(13)10-14/h4-5,10-12H,1-3,6-9H2. The molecular formula is C15H19N3O. The monoisotopic (exact) mass is 257 g/mol. The molecule has 19 heavy (non-hydrogen) atoms. The lowest BCUT2D eigenvalue weighted by atomic mass is 10.2. The molecule has 4 heteroatoms. The predicted octanol–water partition coefficient (Wildman–Crippen LogP) is 2.49. The zero-order valence-corrected chi connectivity index (χ0v) is 11.1. The molecule has 1 aliphatic rings. The molecule has 1 aromatic carbocycles. The van der Waals surface area contributed by atoms with Gasteiger partial charge in [-0.2, -0.15) is 0 Å². The van der Waals surface area contributed by atoms with Gasteiger partial charge in [0.2, 0.25) is 0 Å². The highest BCUT2D eigenvalue weighted by Crippen LogP contribution is 2.18. The van der Waals surface area contributed by atoms with Gasteiger partial charge < -0.3 is 9.64 Å². The van der Waals surface area contributed by atoms with E-state index < -0.39 is 0 Å². The van der Waals surface area contributed by atoms with Gasteiger partial charge >= 0.3 is 0 Å². The molecule has 2 heterocycles. The molecule has 0 atom stereocenters. The van der Waals surface area contributed by atoms with Crippen LogP contribution in [0.25, 0.3) is 10.9 Å². The number of likely N-dealkylation sites (tertiary alicyclic amines) is 1. The number of aromatic nitrogens is 2. The molecule has 0 radical (unpaired) electrons. The number of rotatable bonds is 5. The molecule has 0 unspecified atom stereocenters. The first-order chi connectivity index (χ1) is 9.42. The van der Waals surface area contributed by atoms with E-state index in [4.69, 9.17) is 4.74 Å². The van der Waals surface area contributed by atoms with Crippen LogP contribution < -0.4 is 4.74 Å². The van der Waals surface area contributed by atoms with Crippen molar-refractivity contribution in [3.63, 3.8) is 0 Å². The molecule has 2 aromatic rings. The highest BCUT2D eigenvalue weighted by molar-refractivity contribution is 5.78. The van der Waals surface area contributed by atoms with Crippen molar-refractivity contribution in [3.8, 4) is 5.75 Å². The molecule has 3 rings (SSSR count).